The van der Waals surface area contributed by atoms with Crippen molar-refractivity contribution in [3.63, 3.8) is 0 Å². The van der Waals surface area contributed by atoms with E-state index in [0.29, 0.717) is 17.1 Å². The van der Waals surface area contributed by atoms with Crippen molar-refractivity contribution in [2.45, 2.75) is 13.8 Å². The van der Waals surface area contributed by atoms with E-state index < -0.39 is 6.16 Å². The molecular weight excluding hydrogens is 274 g/mol. The molecule has 7 nitrogen and oxygen atoms in total. The van der Waals surface area contributed by atoms with Crippen molar-refractivity contribution in [1.29, 1.82) is 0 Å². The number of anilines is 1. The number of hydrogen-bond acceptors (Lipinski definition) is 5. The minimum Gasteiger partial charge on any atom is -0.434 e. The molecule has 110 valence electrons. The van der Waals surface area contributed by atoms with E-state index in [2.05, 4.69) is 20.3 Å². The number of aryl methyl sites for hydroxylation is 1. The Hall–Kier alpha value is -2.83. The van der Waals surface area contributed by atoms with E-state index in [4.69, 9.17) is 4.74 Å². The van der Waals surface area contributed by atoms with Crippen LogP contribution in [0, 0.1) is 6.92 Å². The monoisotopic (exact) mass is 289 g/mol. The van der Waals surface area contributed by atoms with Gasteiger partial charge in [-0.25, -0.2) is 4.79 Å². The van der Waals surface area contributed by atoms with E-state index in [9.17, 15) is 9.59 Å². The molecule has 2 N–H and O–H groups in total. The van der Waals surface area contributed by atoms with Crippen molar-refractivity contribution >= 4 is 17.9 Å². The Bertz CT molecular complexity index is 634. The summed E-state index contributed by atoms with van der Waals surface area (Å²) in [5.74, 6) is 0.453. The van der Waals surface area contributed by atoms with Crippen molar-refractivity contribution in [3.8, 4) is 5.75 Å². The van der Waals surface area contributed by atoms with Gasteiger partial charge in [-0.15, -0.1) is 0 Å². The zero-order chi connectivity index (χ0) is 15.2. The maximum atomic E-state index is 12.0. The number of hydrogen-bond donors (Lipinski definition) is 2. The molecule has 0 spiro atoms. The molecule has 0 saturated heterocycles. The van der Waals surface area contributed by atoms with Crippen LogP contribution in [0.15, 0.2) is 30.3 Å². The molecule has 1 aromatic carbocycles. The van der Waals surface area contributed by atoms with Gasteiger partial charge in [0.1, 0.15) is 5.75 Å². The van der Waals surface area contributed by atoms with Crippen LogP contribution in [-0.4, -0.2) is 28.9 Å². The minimum atomic E-state index is -0.776. The van der Waals surface area contributed by atoms with Crippen LogP contribution in [0.4, 0.5) is 10.6 Å². The maximum absolute atomic E-state index is 12.0. The van der Waals surface area contributed by atoms with Crippen LogP contribution in [0.5, 0.6) is 5.75 Å². The van der Waals surface area contributed by atoms with E-state index in [-0.39, 0.29) is 12.5 Å². The number of nitrogens with one attached hydrogen (secondary N) is 2. The summed E-state index contributed by atoms with van der Waals surface area (Å²) in [6.07, 6.45) is -0.776. The Kier molecular flexibility index (Phi) is 4.55. The largest absolute Gasteiger partial charge is 0.513 e. The molecule has 0 saturated carbocycles. The topological polar surface area (TPSA) is 93.3 Å². The molecule has 0 aliphatic heterocycles. The molecule has 0 unspecified atom stereocenters. The number of amides is 1. The molecule has 0 atom stereocenters. The third kappa shape index (κ3) is 4.07. The zero-order valence-corrected chi connectivity index (χ0v) is 11.7. The summed E-state index contributed by atoms with van der Waals surface area (Å²) in [7, 11) is 0. The number of rotatable bonds is 4. The van der Waals surface area contributed by atoms with E-state index in [1.807, 2.05) is 6.92 Å². The molecule has 1 heterocycles. The average Bonchev–Trinajstić information content (AvgIpc) is 2.85. The van der Waals surface area contributed by atoms with Crippen molar-refractivity contribution in [1.82, 2.24) is 10.2 Å². The lowest BCUT2D eigenvalue weighted by Gasteiger charge is -2.05. The number of benzene rings is 1. The van der Waals surface area contributed by atoms with Crippen LogP contribution in [0.3, 0.4) is 0 Å². The Morgan fingerprint density at radius 3 is 2.57 bits per heavy atom. The first-order valence-electron chi connectivity index (χ1n) is 6.36. The minimum absolute atomic E-state index is 0.238. The average molecular weight is 289 g/mol. The van der Waals surface area contributed by atoms with Crippen LogP contribution in [-0.2, 0) is 4.74 Å². The lowest BCUT2D eigenvalue weighted by atomic mass is 10.2. The molecule has 0 radical (unpaired) electrons. The fraction of sp³-hybridized carbons (Fsp3) is 0.214. The van der Waals surface area contributed by atoms with Gasteiger partial charge in [0.2, 0.25) is 0 Å². The normalized spacial score (nSPS) is 10.0. The van der Waals surface area contributed by atoms with Gasteiger partial charge in [-0.2, -0.15) is 5.10 Å². The lowest BCUT2D eigenvalue weighted by Crippen LogP contribution is -2.13. The number of H-pyrrole nitrogens is 1. The van der Waals surface area contributed by atoms with E-state index in [1.54, 1.807) is 25.1 Å². The first-order chi connectivity index (χ1) is 10.1. The highest BCUT2D eigenvalue weighted by Crippen LogP contribution is 2.14. The smallest absolute Gasteiger partial charge is 0.434 e. The summed E-state index contributed by atoms with van der Waals surface area (Å²) in [5.41, 5.74) is 1.27. The number of carbonyl (C=O) groups is 2. The van der Waals surface area contributed by atoms with Gasteiger partial charge in [0.05, 0.1) is 6.61 Å². The Balaban J connectivity index is 1.98. The second-order valence-corrected chi connectivity index (χ2v) is 4.20. The SMILES string of the molecule is CCOC(=O)Oc1ccc(C(=O)Nc2cc(C)[nH]n2)cc1. The Morgan fingerprint density at radius 1 is 1.29 bits per heavy atom. The van der Waals surface area contributed by atoms with Crippen LogP contribution >= 0.6 is 0 Å². The maximum Gasteiger partial charge on any atom is 0.513 e. The summed E-state index contributed by atoms with van der Waals surface area (Å²) < 4.78 is 9.55. The summed E-state index contributed by atoms with van der Waals surface area (Å²) in [4.78, 5) is 23.1. The van der Waals surface area contributed by atoms with Gasteiger partial charge in [-0.05, 0) is 38.1 Å². The highest BCUT2D eigenvalue weighted by molar-refractivity contribution is 6.03. The second-order valence-electron chi connectivity index (χ2n) is 4.20. The van der Waals surface area contributed by atoms with Crippen LogP contribution in [0.1, 0.15) is 23.0 Å². The first kappa shape index (κ1) is 14.6. The molecule has 21 heavy (non-hydrogen) atoms. The van der Waals surface area contributed by atoms with Gasteiger partial charge in [-0.1, -0.05) is 0 Å². The van der Waals surface area contributed by atoms with E-state index in [0.717, 1.165) is 5.69 Å². The molecule has 0 aliphatic rings. The van der Waals surface area contributed by atoms with Crippen LogP contribution < -0.4 is 10.1 Å². The summed E-state index contributed by atoms with van der Waals surface area (Å²) in [6.45, 7) is 3.76. The van der Waals surface area contributed by atoms with Gasteiger partial charge < -0.3 is 14.8 Å². The summed E-state index contributed by atoms with van der Waals surface area (Å²) in [6, 6.07) is 7.84. The molecule has 0 bridgehead atoms. The van der Waals surface area contributed by atoms with E-state index >= 15 is 0 Å². The zero-order valence-electron chi connectivity index (χ0n) is 11.7. The fourth-order valence-electron chi connectivity index (χ4n) is 1.59. The molecule has 0 aliphatic carbocycles. The van der Waals surface area contributed by atoms with Crippen LogP contribution in [0.25, 0.3) is 0 Å². The second kappa shape index (κ2) is 6.56. The molecule has 1 amide bonds. The predicted molar refractivity (Wildman–Crippen MR) is 75.4 cm³/mol. The molecule has 1 aromatic heterocycles. The number of ether oxygens (including phenoxy) is 2. The lowest BCUT2D eigenvalue weighted by molar-refractivity contribution is 0.102. The number of aromatic nitrogens is 2. The number of nitrogens with zero attached hydrogens (tertiary/aromatic N) is 1. The Labute approximate surface area is 121 Å². The summed E-state index contributed by atoms with van der Waals surface area (Å²) in [5, 5.41) is 9.29. The molecule has 0 fully saturated rings. The quantitative estimate of drug-likeness (QED) is 0.666. The van der Waals surface area contributed by atoms with Gasteiger partial charge in [-0.3, -0.25) is 9.89 Å². The van der Waals surface area contributed by atoms with Crippen molar-refractivity contribution < 1.29 is 19.1 Å². The van der Waals surface area contributed by atoms with Crippen molar-refractivity contribution in [2.24, 2.45) is 0 Å². The van der Waals surface area contributed by atoms with Gasteiger partial charge in [0.25, 0.3) is 5.91 Å². The summed E-state index contributed by atoms with van der Waals surface area (Å²) >= 11 is 0. The van der Waals surface area contributed by atoms with E-state index in [1.165, 1.54) is 12.1 Å². The molecule has 7 heteroatoms. The predicted octanol–water partition coefficient (Wildman–Crippen LogP) is 2.51. The highest BCUT2D eigenvalue weighted by Gasteiger charge is 2.09. The van der Waals surface area contributed by atoms with Gasteiger partial charge in [0.15, 0.2) is 5.82 Å². The van der Waals surface area contributed by atoms with Crippen molar-refractivity contribution in [2.75, 3.05) is 11.9 Å². The highest BCUT2D eigenvalue weighted by atomic mass is 16.7. The molecule has 2 rings (SSSR count). The molecular formula is C14H15N3O4. The standard InChI is InChI=1S/C14H15N3O4/c1-3-20-14(19)21-11-6-4-10(5-7-11)13(18)15-12-8-9(2)16-17-12/h4-8H,3H2,1-2H3,(H2,15,16,17,18). The third-order valence-electron chi connectivity index (χ3n) is 2.53. The first-order valence-corrected chi connectivity index (χ1v) is 6.36. The third-order valence-corrected chi connectivity index (χ3v) is 2.53. The fourth-order valence-corrected chi connectivity index (χ4v) is 1.59. The van der Waals surface area contributed by atoms with Crippen molar-refractivity contribution in [3.05, 3.63) is 41.6 Å². The number of aromatic amines is 1. The Morgan fingerprint density at radius 2 is 2.00 bits per heavy atom. The number of carbonyl (C=O) groups excluding carboxylic acids is 2. The van der Waals surface area contributed by atoms with Gasteiger partial charge in [0, 0.05) is 17.3 Å². The van der Waals surface area contributed by atoms with Gasteiger partial charge >= 0.3 is 6.16 Å². The molecule has 2 aromatic rings. The van der Waals surface area contributed by atoms with Crippen LogP contribution in [0.2, 0.25) is 0 Å².